The van der Waals surface area contributed by atoms with Crippen LogP contribution in [0.2, 0.25) is 5.02 Å². The third-order valence-electron chi connectivity index (χ3n) is 2.45. The van der Waals surface area contributed by atoms with Crippen LogP contribution in [-0.2, 0) is 13.1 Å². The molecule has 0 fully saturated rings. The van der Waals surface area contributed by atoms with Gasteiger partial charge in [0.2, 0.25) is 0 Å². The lowest BCUT2D eigenvalue weighted by Crippen LogP contribution is -2.31. The van der Waals surface area contributed by atoms with Gasteiger partial charge in [0.25, 0.3) is 11.1 Å². The maximum absolute atomic E-state index is 11.5. The van der Waals surface area contributed by atoms with E-state index in [1.54, 1.807) is 18.3 Å². The zero-order chi connectivity index (χ0) is 13.1. The summed E-state index contributed by atoms with van der Waals surface area (Å²) in [5.41, 5.74) is -1.32. The first-order chi connectivity index (χ1) is 8.58. The van der Waals surface area contributed by atoms with Crippen molar-refractivity contribution in [2.24, 2.45) is 0 Å². The van der Waals surface area contributed by atoms with Crippen molar-refractivity contribution >= 4 is 11.6 Å². The lowest BCUT2D eigenvalue weighted by atomic mass is 10.4. The van der Waals surface area contributed by atoms with E-state index >= 15 is 0 Å². The predicted octanol–water partition coefficient (Wildman–Crippen LogP) is 0.0519. The number of hydrogen-bond acceptors (Lipinski definition) is 3. The van der Waals surface area contributed by atoms with Gasteiger partial charge in [0.1, 0.15) is 5.02 Å². The van der Waals surface area contributed by atoms with E-state index < -0.39 is 11.2 Å². The highest BCUT2D eigenvalue weighted by Gasteiger charge is 2.02. The highest BCUT2D eigenvalue weighted by Crippen LogP contribution is 1.96. The van der Waals surface area contributed by atoms with E-state index in [-0.39, 0.29) is 17.1 Å². The average Bonchev–Trinajstić information content (AvgIpc) is 2.34. The molecule has 0 aromatic carbocycles. The molecular weight excluding hydrogens is 258 g/mol. The number of aryl methyl sites for hydroxylation is 2. The summed E-state index contributed by atoms with van der Waals surface area (Å²) in [5, 5.41) is -0.0602. The van der Waals surface area contributed by atoms with Crippen molar-refractivity contribution in [2.75, 3.05) is 0 Å². The molecule has 2 aromatic heterocycles. The zero-order valence-corrected chi connectivity index (χ0v) is 10.1. The molecule has 0 unspecified atom stereocenters. The van der Waals surface area contributed by atoms with Crippen LogP contribution in [-0.4, -0.2) is 14.1 Å². The maximum atomic E-state index is 11.5. The van der Waals surface area contributed by atoms with Gasteiger partial charge in [-0.3, -0.25) is 19.1 Å². The SMILES string of the molecule is O=c1[nH]c(=O)n(CCn2ccccc2=O)cc1Cl. The van der Waals surface area contributed by atoms with Crippen molar-refractivity contribution in [1.29, 1.82) is 0 Å². The third-order valence-corrected chi connectivity index (χ3v) is 2.72. The zero-order valence-electron chi connectivity index (χ0n) is 9.30. The third kappa shape index (κ3) is 2.60. The molecule has 94 valence electrons. The van der Waals surface area contributed by atoms with E-state index in [1.807, 2.05) is 0 Å². The molecule has 7 heteroatoms. The van der Waals surface area contributed by atoms with E-state index in [0.717, 1.165) is 0 Å². The fraction of sp³-hybridized carbons (Fsp3) is 0.182. The van der Waals surface area contributed by atoms with Gasteiger partial charge in [-0.05, 0) is 6.07 Å². The van der Waals surface area contributed by atoms with Crippen LogP contribution in [0.5, 0.6) is 0 Å². The normalized spacial score (nSPS) is 10.5. The molecule has 0 spiro atoms. The Balaban J connectivity index is 2.24. The van der Waals surface area contributed by atoms with Crippen LogP contribution >= 0.6 is 11.6 Å². The molecule has 2 rings (SSSR count). The molecule has 0 saturated carbocycles. The molecule has 0 radical (unpaired) electrons. The van der Waals surface area contributed by atoms with Gasteiger partial charge in [-0.1, -0.05) is 17.7 Å². The molecule has 2 heterocycles. The Kier molecular flexibility index (Phi) is 3.47. The van der Waals surface area contributed by atoms with E-state index in [1.165, 1.54) is 21.4 Å². The number of hydrogen-bond donors (Lipinski definition) is 1. The van der Waals surface area contributed by atoms with Crippen LogP contribution in [0.3, 0.4) is 0 Å². The highest BCUT2D eigenvalue weighted by atomic mass is 35.5. The van der Waals surface area contributed by atoms with Crippen LogP contribution in [0.1, 0.15) is 0 Å². The molecule has 0 aliphatic heterocycles. The van der Waals surface area contributed by atoms with Gasteiger partial charge < -0.3 is 4.57 Å². The van der Waals surface area contributed by atoms with E-state index in [9.17, 15) is 14.4 Å². The summed E-state index contributed by atoms with van der Waals surface area (Å²) >= 11 is 5.63. The Morgan fingerprint density at radius 3 is 2.56 bits per heavy atom. The number of aromatic amines is 1. The van der Waals surface area contributed by atoms with Crippen molar-refractivity contribution in [3.8, 4) is 0 Å². The first kappa shape index (κ1) is 12.4. The largest absolute Gasteiger partial charge is 0.328 e. The monoisotopic (exact) mass is 267 g/mol. The predicted molar refractivity (Wildman–Crippen MR) is 67.0 cm³/mol. The molecule has 0 amide bonds. The molecule has 0 aliphatic carbocycles. The number of aromatic nitrogens is 3. The van der Waals surface area contributed by atoms with Crippen LogP contribution < -0.4 is 16.8 Å². The second-order valence-electron chi connectivity index (χ2n) is 3.66. The lowest BCUT2D eigenvalue weighted by Gasteiger charge is -2.07. The van der Waals surface area contributed by atoms with Gasteiger partial charge in [-0.25, -0.2) is 4.79 Å². The van der Waals surface area contributed by atoms with Crippen LogP contribution in [0.15, 0.2) is 45.0 Å². The van der Waals surface area contributed by atoms with Crippen molar-refractivity contribution in [1.82, 2.24) is 14.1 Å². The van der Waals surface area contributed by atoms with Crippen molar-refractivity contribution in [3.05, 3.63) is 66.8 Å². The molecule has 18 heavy (non-hydrogen) atoms. The molecule has 0 atom stereocenters. The maximum Gasteiger partial charge on any atom is 0.328 e. The summed E-state index contributed by atoms with van der Waals surface area (Å²) in [6, 6.07) is 4.80. The summed E-state index contributed by atoms with van der Waals surface area (Å²) in [4.78, 5) is 36.1. The second kappa shape index (κ2) is 5.05. The summed E-state index contributed by atoms with van der Waals surface area (Å²) in [5.74, 6) is 0. The number of nitrogens with one attached hydrogen (secondary N) is 1. The quantitative estimate of drug-likeness (QED) is 0.854. The number of rotatable bonds is 3. The van der Waals surface area contributed by atoms with Crippen LogP contribution in [0.25, 0.3) is 0 Å². The first-order valence-electron chi connectivity index (χ1n) is 5.22. The molecule has 2 aromatic rings. The fourth-order valence-corrected chi connectivity index (χ4v) is 1.67. The molecule has 0 aliphatic rings. The number of nitrogens with zero attached hydrogens (tertiary/aromatic N) is 2. The molecular formula is C11H10ClN3O3. The summed E-state index contributed by atoms with van der Waals surface area (Å²) in [6.45, 7) is 0.571. The second-order valence-corrected chi connectivity index (χ2v) is 4.07. The van der Waals surface area contributed by atoms with Gasteiger partial charge in [0, 0.05) is 31.5 Å². The fourth-order valence-electron chi connectivity index (χ4n) is 1.51. The number of H-pyrrole nitrogens is 1. The minimum atomic E-state index is -0.616. The van der Waals surface area contributed by atoms with Gasteiger partial charge in [-0.2, -0.15) is 0 Å². The standard InChI is InChI=1S/C11H10ClN3O3/c12-8-7-15(11(18)13-10(8)17)6-5-14-4-2-1-3-9(14)16/h1-4,7H,5-6H2,(H,13,17,18). The Labute approximate surface area is 106 Å². The topological polar surface area (TPSA) is 76.9 Å². The minimum absolute atomic E-state index is 0.0602. The van der Waals surface area contributed by atoms with E-state index in [2.05, 4.69) is 4.98 Å². The average molecular weight is 268 g/mol. The molecule has 0 bridgehead atoms. The van der Waals surface area contributed by atoms with Gasteiger partial charge in [0.05, 0.1) is 0 Å². The lowest BCUT2D eigenvalue weighted by molar-refractivity contribution is 0.543. The number of halogens is 1. The van der Waals surface area contributed by atoms with Crippen LogP contribution in [0.4, 0.5) is 0 Å². The van der Waals surface area contributed by atoms with Gasteiger partial charge >= 0.3 is 5.69 Å². The molecule has 1 N–H and O–H groups in total. The van der Waals surface area contributed by atoms with Crippen molar-refractivity contribution in [3.63, 3.8) is 0 Å². The summed E-state index contributed by atoms with van der Waals surface area (Å²) in [6.07, 6.45) is 2.89. The summed E-state index contributed by atoms with van der Waals surface area (Å²) in [7, 11) is 0. The van der Waals surface area contributed by atoms with E-state index in [4.69, 9.17) is 11.6 Å². The Bertz CT molecular complexity index is 729. The van der Waals surface area contributed by atoms with Gasteiger partial charge in [0.15, 0.2) is 0 Å². The molecule has 0 saturated heterocycles. The Hall–Kier alpha value is -2.08. The van der Waals surface area contributed by atoms with Crippen LogP contribution in [0, 0.1) is 0 Å². The Morgan fingerprint density at radius 1 is 1.11 bits per heavy atom. The Morgan fingerprint density at radius 2 is 1.83 bits per heavy atom. The smallest absolute Gasteiger partial charge is 0.314 e. The summed E-state index contributed by atoms with van der Waals surface area (Å²) < 4.78 is 2.72. The van der Waals surface area contributed by atoms with E-state index in [0.29, 0.717) is 6.54 Å². The van der Waals surface area contributed by atoms with Crippen molar-refractivity contribution in [2.45, 2.75) is 13.1 Å². The number of pyridine rings is 1. The highest BCUT2D eigenvalue weighted by molar-refractivity contribution is 6.30. The first-order valence-corrected chi connectivity index (χ1v) is 5.60. The van der Waals surface area contributed by atoms with Gasteiger partial charge in [-0.15, -0.1) is 0 Å². The van der Waals surface area contributed by atoms with Crippen molar-refractivity contribution < 1.29 is 0 Å². The molecule has 6 nitrogen and oxygen atoms in total. The minimum Gasteiger partial charge on any atom is -0.314 e.